The number of amides is 1. The fourth-order valence-corrected chi connectivity index (χ4v) is 3.37. The van der Waals surface area contributed by atoms with Gasteiger partial charge in [0.25, 0.3) is 5.91 Å². The lowest BCUT2D eigenvalue weighted by atomic mass is 9.91. The van der Waals surface area contributed by atoms with Gasteiger partial charge in [-0.3, -0.25) is 4.79 Å². The number of carbonyl (C=O) groups is 1. The molecule has 0 aliphatic carbocycles. The number of piperidine rings is 1. The maximum atomic E-state index is 12.7. The number of nitrogens with zero attached hydrogens (tertiary/aromatic N) is 1. The van der Waals surface area contributed by atoms with Crippen molar-refractivity contribution in [2.75, 3.05) is 19.6 Å². The van der Waals surface area contributed by atoms with Crippen molar-refractivity contribution in [3.8, 4) is 0 Å². The van der Waals surface area contributed by atoms with Gasteiger partial charge in [-0.1, -0.05) is 30.3 Å². The van der Waals surface area contributed by atoms with E-state index in [1.165, 1.54) is 5.56 Å². The van der Waals surface area contributed by atoms with E-state index in [1.54, 1.807) is 12.5 Å². The monoisotopic (exact) mass is 342 g/mol. The molecule has 25 heavy (non-hydrogen) atoms. The Hall–Kier alpha value is -2.11. The lowest BCUT2D eigenvalue weighted by Gasteiger charge is -2.38. The van der Waals surface area contributed by atoms with Gasteiger partial charge in [-0.2, -0.15) is 0 Å². The summed E-state index contributed by atoms with van der Waals surface area (Å²) in [5, 5.41) is 14.0. The molecular formula is C20H26N2O3. The first kappa shape index (κ1) is 17.7. The summed E-state index contributed by atoms with van der Waals surface area (Å²) < 4.78 is 5.02. The predicted octanol–water partition coefficient (Wildman–Crippen LogP) is 2.36. The minimum absolute atomic E-state index is 0.147. The molecule has 0 spiro atoms. The van der Waals surface area contributed by atoms with Gasteiger partial charge in [-0.25, -0.2) is 0 Å². The third-order valence-electron chi connectivity index (χ3n) is 4.77. The first-order valence-corrected chi connectivity index (χ1v) is 8.95. The summed E-state index contributed by atoms with van der Waals surface area (Å²) in [4.78, 5) is 14.5. The Kier molecular flexibility index (Phi) is 5.89. The number of aryl methyl sites for hydroxylation is 1. The van der Waals surface area contributed by atoms with E-state index in [4.69, 9.17) is 4.42 Å². The van der Waals surface area contributed by atoms with E-state index in [-0.39, 0.29) is 12.5 Å². The van der Waals surface area contributed by atoms with Gasteiger partial charge in [0.15, 0.2) is 5.60 Å². The average Bonchev–Trinajstić information content (AvgIpc) is 3.13. The summed E-state index contributed by atoms with van der Waals surface area (Å²) >= 11 is 0. The molecule has 1 amide bonds. The maximum absolute atomic E-state index is 12.7. The molecule has 5 heteroatoms. The van der Waals surface area contributed by atoms with Crippen molar-refractivity contribution < 1.29 is 14.3 Å². The largest absolute Gasteiger partial charge is 0.472 e. The second-order valence-electron chi connectivity index (χ2n) is 6.75. The minimum Gasteiger partial charge on any atom is -0.472 e. The van der Waals surface area contributed by atoms with Crippen LogP contribution >= 0.6 is 0 Å². The number of benzene rings is 1. The van der Waals surface area contributed by atoms with Crippen molar-refractivity contribution in [2.45, 2.75) is 37.8 Å². The van der Waals surface area contributed by atoms with Crippen LogP contribution in [-0.2, 0) is 17.8 Å². The quantitative estimate of drug-likeness (QED) is 0.773. The van der Waals surface area contributed by atoms with E-state index in [9.17, 15) is 9.90 Å². The summed E-state index contributed by atoms with van der Waals surface area (Å²) in [6, 6.07) is 12.2. The molecule has 0 bridgehead atoms. The van der Waals surface area contributed by atoms with Crippen LogP contribution in [-0.4, -0.2) is 41.1 Å². The Balaban J connectivity index is 1.47. The summed E-state index contributed by atoms with van der Waals surface area (Å²) in [6.45, 7) is 2.28. The smallest absolute Gasteiger partial charge is 0.255 e. The van der Waals surface area contributed by atoms with Gasteiger partial charge in [0.05, 0.1) is 12.5 Å². The van der Waals surface area contributed by atoms with E-state index < -0.39 is 5.60 Å². The number of likely N-dealkylation sites (tertiary alicyclic amines) is 1. The predicted molar refractivity (Wildman–Crippen MR) is 95.9 cm³/mol. The molecule has 1 aromatic heterocycles. The molecule has 134 valence electrons. The third-order valence-corrected chi connectivity index (χ3v) is 4.77. The van der Waals surface area contributed by atoms with Crippen LogP contribution in [0, 0.1) is 0 Å². The van der Waals surface area contributed by atoms with Crippen molar-refractivity contribution >= 4 is 5.91 Å². The van der Waals surface area contributed by atoms with Crippen molar-refractivity contribution in [2.24, 2.45) is 0 Å². The number of furan rings is 1. The summed E-state index contributed by atoms with van der Waals surface area (Å²) in [5.74, 6) is -0.147. The molecule has 1 saturated heterocycles. The van der Waals surface area contributed by atoms with Gasteiger partial charge >= 0.3 is 0 Å². The van der Waals surface area contributed by atoms with Crippen molar-refractivity contribution in [3.63, 3.8) is 0 Å². The van der Waals surface area contributed by atoms with Crippen molar-refractivity contribution in [1.82, 2.24) is 10.2 Å². The Morgan fingerprint density at radius 1 is 1.20 bits per heavy atom. The van der Waals surface area contributed by atoms with Gasteiger partial charge in [-0.05, 0) is 37.3 Å². The van der Waals surface area contributed by atoms with Gasteiger partial charge < -0.3 is 19.7 Å². The van der Waals surface area contributed by atoms with E-state index in [0.29, 0.717) is 19.5 Å². The number of aliphatic hydroxyl groups is 1. The molecule has 0 saturated carbocycles. The maximum Gasteiger partial charge on any atom is 0.255 e. The number of nitrogens with one attached hydrogen (secondary N) is 1. The zero-order chi connectivity index (χ0) is 17.5. The molecule has 1 aliphatic heterocycles. The summed E-state index contributed by atoms with van der Waals surface area (Å²) in [5.41, 5.74) is 0.991. The lowest BCUT2D eigenvalue weighted by Crippen LogP contribution is -2.58. The Morgan fingerprint density at radius 3 is 2.80 bits per heavy atom. The summed E-state index contributed by atoms with van der Waals surface area (Å²) in [6.07, 6.45) is 6.48. The Labute approximate surface area is 148 Å². The van der Waals surface area contributed by atoms with Crippen molar-refractivity contribution in [1.29, 1.82) is 0 Å². The van der Waals surface area contributed by atoms with Crippen LogP contribution in [0.5, 0.6) is 0 Å². The van der Waals surface area contributed by atoms with Crippen LogP contribution in [0.4, 0.5) is 0 Å². The molecule has 3 rings (SSSR count). The molecule has 2 N–H and O–H groups in total. The highest BCUT2D eigenvalue weighted by atomic mass is 16.3. The fraction of sp³-hybridized carbons (Fsp3) is 0.450. The molecule has 2 aromatic rings. The van der Waals surface area contributed by atoms with E-state index in [1.807, 2.05) is 29.2 Å². The highest BCUT2D eigenvalue weighted by molar-refractivity contribution is 5.86. The second-order valence-corrected chi connectivity index (χ2v) is 6.75. The zero-order valence-corrected chi connectivity index (χ0v) is 14.5. The summed E-state index contributed by atoms with van der Waals surface area (Å²) in [7, 11) is 0. The molecule has 0 unspecified atom stereocenters. The number of carbonyl (C=O) groups excluding carboxylic acids is 1. The van der Waals surface area contributed by atoms with Crippen LogP contribution in [0.25, 0.3) is 0 Å². The van der Waals surface area contributed by atoms with Gasteiger partial charge in [0.1, 0.15) is 0 Å². The Morgan fingerprint density at radius 2 is 2.04 bits per heavy atom. The third kappa shape index (κ3) is 4.71. The average molecular weight is 342 g/mol. The molecule has 1 atom stereocenters. The SMILES string of the molecule is O=C1N(CCCc2ccccc2)CCC[C@@]1(O)CNCc1ccoc1. The topological polar surface area (TPSA) is 65.7 Å². The number of hydrogen-bond donors (Lipinski definition) is 2. The van der Waals surface area contributed by atoms with Crippen LogP contribution < -0.4 is 5.32 Å². The molecule has 1 aromatic carbocycles. The number of rotatable bonds is 8. The number of hydrogen-bond acceptors (Lipinski definition) is 4. The highest BCUT2D eigenvalue weighted by Gasteiger charge is 2.41. The highest BCUT2D eigenvalue weighted by Crippen LogP contribution is 2.23. The second kappa shape index (κ2) is 8.32. The van der Waals surface area contributed by atoms with Gasteiger partial charge in [0, 0.05) is 31.7 Å². The molecule has 1 fully saturated rings. The molecule has 0 radical (unpaired) electrons. The van der Waals surface area contributed by atoms with Crippen LogP contribution in [0.3, 0.4) is 0 Å². The van der Waals surface area contributed by atoms with Gasteiger partial charge in [0.2, 0.25) is 0 Å². The Bertz CT molecular complexity index is 657. The molecule has 2 heterocycles. The van der Waals surface area contributed by atoms with Crippen LogP contribution in [0.15, 0.2) is 53.3 Å². The fourth-order valence-electron chi connectivity index (χ4n) is 3.37. The van der Waals surface area contributed by atoms with E-state index >= 15 is 0 Å². The molecular weight excluding hydrogens is 316 g/mol. The minimum atomic E-state index is -1.30. The molecule has 1 aliphatic rings. The van der Waals surface area contributed by atoms with Crippen molar-refractivity contribution in [3.05, 3.63) is 60.1 Å². The first-order valence-electron chi connectivity index (χ1n) is 8.95. The standard InChI is InChI=1S/C20H26N2O3/c23-19-20(24,16-21-14-18-9-13-25-15-18)10-5-12-22(19)11-4-8-17-6-2-1-3-7-17/h1-3,6-7,9,13,15,21,24H,4-5,8,10-12,14,16H2/t20-/m1/s1. The lowest BCUT2D eigenvalue weighted by molar-refractivity contribution is -0.156. The first-order chi connectivity index (χ1) is 12.2. The van der Waals surface area contributed by atoms with Crippen LogP contribution in [0.1, 0.15) is 30.4 Å². The van der Waals surface area contributed by atoms with Crippen LogP contribution in [0.2, 0.25) is 0 Å². The van der Waals surface area contributed by atoms with Gasteiger partial charge in [-0.15, -0.1) is 0 Å². The van der Waals surface area contributed by atoms with E-state index in [2.05, 4.69) is 17.4 Å². The molecule has 5 nitrogen and oxygen atoms in total. The zero-order valence-electron chi connectivity index (χ0n) is 14.5. The van der Waals surface area contributed by atoms with E-state index in [0.717, 1.165) is 31.4 Å². The normalized spacial score (nSPS) is 20.8.